The SMILES string of the molecule is COc1ccc(NC(=O)CN(C)CCS(C)(=O)=O)c(N)c1. The van der Waals surface area contributed by atoms with Gasteiger partial charge in [-0.2, -0.15) is 0 Å². The van der Waals surface area contributed by atoms with E-state index in [0.29, 0.717) is 23.7 Å². The predicted molar refractivity (Wildman–Crippen MR) is 83.2 cm³/mol. The molecule has 0 bridgehead atoms. The van der Waals surface area contributed by atoms with Gasteiger partial charge in [-0.05, 0) is 19.2 Å². The Labute approximate surface area is 125 Å². The van der Waals surface area contributed by atoms with Gasteiger partial charge in [-0.3, -0.25) is 9.69 Å². The average molecular weight is 315 g/mol. The van der Waals surface area contributed by atoms with Crippen molar-refractivity contribution in [3.63, 3.8) is 0 Å². The molecule has 0 saturated carbocycles. The van der Waals surface area contributed by atoms with Crippen LogP contribution in [0.1, 0.15) is 0 Å². The molecule has 3 N–H and O–H groups in total. The van der Waals surface area contributed by atoms with Crippen molar-refractivity contribution >= 4 is 27.1 Å². The first-order chi connectivity index (χ1) is 9.71. The summed E-state index contributed by atoms with van der Waals surface area (Å²) >= 11 is 0. The Balaban J connectivity index is 2.54. The number of nitrogen functional groups attached to an aromatic ring is 1. The van der Waals surface area contributed by atoms with E-state index in [4.69, 9.17) is 10.5 Å². The second-order valence-electron chi connectivity index (χ2n) is 4.87. The molecule has 21 heavy (non-hydrogen) atoms. The molecule has 1 rings (SSSR count). The van der Waals surface area contributed by atoms with Crippen LogP contribution in [0.3, 0.4) is 0 Å². The normalized spacial score (nSPS) is 11.4. The van der Waals surface area contributed by atoms with Gasteiger partial charge in [0.25, 0.3) is 0 Å². The smallest absolute Gasteiger partial charge is 0.238 e. The summed E-state index contributed by atoms with van der Waals surface area (Å²) < 4.78 is 27.1. The van der Waals surface area contributed by atoms with Crippen LogP contribution in [0.4, 0.5) is 11.4 Å². The van der Waals surface area contributed by atoms with Gasteiger partial charge in [-0.15, -0.1) is 0 Å². The highest BCUT2D eigenvalue weighted by Crippen LogP contribution is 2.23. The van der Waals surface area contributed by atoms with Crippen molar-refractivity contribution in [1.82, 2.24) is 4.90 Å². The molecule has 0 spiro atoms. The summed E-state index contributed by atoms with van der Waals surface area (Å²) in [4.78, 5) is 13.5. The maximum absolute atomic E-state index is 11.9. The number of benzene rings is 1. The van der Waals surface area contributed by atoms with E-state index in [-0.39, 0.29) is 18.2 Å². The maximum atomic E-state index is 11.9. The number of likely N-dealkylation sites (N-methyl/N-ethyl adjacent to an activating group) is 1. The molecule has 1 aromatic rings. The third-order valence-electron chi connectivity index (χ3n) is 2.79. The van der Waals surface area contributed by atoms with Crippen LogP contribution in [0, 0.1) is 0 Å². The number of amides is 1. The molecule has 118 valence electrons. The summed E-state index contributed by atoms with van der Waals surface area (Å²) in [5.74, 6) is 0.361. The summed E-state index contributed by atoms with van der Waals surface area (Å²) in [5, 5.41) is 2.68. The Morgan fingerprint density at radius 3 is 2.62 bits per heavy atom. The molecule has 0 aliphatic rings. The van der Waals surface area contributed by atoms with Crippen LogP contribution in [0.15, 0.2) is 18.2 Å². The molecule has 0 fully saturated rings. The van der Waals surface area contributed by atoms with Crippen molar-refractivity contribution in [2.75, 3.05) is 50.3 Å². The molecular weight excluding hydrogens is 294 g/mol. The van der Waals surface area contributed by atoms with Crippen LogP contribution < -0.4 is 15.8 Å². The van der Waals surface area contributed by atoms with Crippen LogP contribution in [0.25, 0.3) is 0 Å². The quantitative estimate of drug-likeness (QED) is 0.697. The fourth-order valence-corrected chi connectivity index (χ4v) is 2.26. The van der Waals surface area contributed by atoms with Crippen molar-refractivity contribution in [2.45, 2.75) is 0 Å². The molecule has 0 aromatic heterocycles. The van der Waals surface area contributed by atoms with Gasteiger partial charge in [-0.25, -0.2) is 8.42 Å². The lowest BCUT2D eigenvalue weighted by Crippen LogP contribution is -2.33. The van der Waals surface area contributed by atoms with Crippen LogP contribution >= 0.6 is 0 Å². The largest absolute Gasteiger partial charge is 0.497 e. The minimum Gasteiger partial charge on any atom is -0.497 e. The zero-order valence-electron chi connectivity index (χ0n) is 12.4. The van der Waals surface area contributed by atoms with Gasteiger partial charge in [0.1, 0.15) is 15.6 Å². The summed E-state index contributed by atoms with van der Waals surface area (Å²) in [6.07, 6.45) is 1.17. The highest BCUT2D eigenvalue weighted by atomic mass is 32.2. The Hall–Kier alpha value is -1.80. The zero-order valence-corrected chi connectivity index (χ0v) is 13.2. The van der Waals surface area contributed by atoms with E-state index in [1.807, 2.05) is 0 Å². The number of rotatable bonds is 7. The summed E-state index contributed by atoms with van der Waals surface area (Å²) in [5.41, 5.74) is 6.71. The lowest BCUT2D eigenvalue weighted by atomic mass is 10.2. The standard InChI is InChI=1S/C13H21N3O4S/c1-16(6-7-21(3,18)19)9-13(17)15-12-5-4-10(20-2)8-11(12)14/h4-5,8H,6-7,9,14H2,1-3H3,(H,15,17). The lowest BCUT2D eigenvalue weighted by molar-refractivity contribution is -0.117. The number of anilines is 2. The number of hydrogen-bond donors (Lipinski definition) is 2. The topological polar surface area (TPSA) is 102 Å². The van der Waals surface area contributed by atoms with E-state index in [9.17, 15) is 13.2 Å². The maximum Gasteiger partial charge on any atom is 0.238 e. The number of sulfone groups is 1. The summed E-state index contributed by atoms with van der Waals surface area (Å²) in [6, 6.07) is 4.96. The lowest BCUT2D eigenvalue weighted by Gasteiger charge is -2.16. The molecule has 0 saturated heterocycles. The Bertz CT molecular complexity index is 601. The molecule has 0 radical (unpaired) electrons. The van der Waals surface area contributed by atoms with Crippen LogP contribution in [-0.4, -0.2) is 58.5 Å². The van der Waals surface area contributed by atoms with Crippen molar-refractivity contribution < 1.29 is 17.9 Å². The molecule has 1 amide bonds. The van der Waals surface area contributed by atoms with E-state index in [0.717, 1.165) is 0 Å². The van der Waals surface area contributed by atoms with E-state index >= 15 is 0 Å². The van der Waals surface area contributed by atoms with Gasteiger partial charge in [0, 0.05) is 18.9 Å². The van der Waals surface area contributed by atoms with Crippen molar-refractivity contribution in [2.24, 2.45) is 0 Å². The molecule has 0 heterocycles. The van der Waals surface area contributed by atoms with Gasteiger partial charge in [-0.1, -0.05) is 0 Å². The summed E-state index contributed by atoms with van der Waals surface area (Å²) in [6.45, 7) is 0.380. The molecular formula is C13H21N3O4S. The fourth-order valence-electron chi connectivity index (χ4n) is 1.62. The molecule has 7 nitrogen and oxygen atoms in total. The van der Waals surface area contributed by atoms with E-state index in [2.05, 4.69) is 5.32 Å². The molecule has 1 aromatic carbocycles. The third-order valence-corrected chi connectivity index (χ3v) is 3.71. The number of hydrogen-bond acceptors (Lipinski definition) is 6. The zero-order chi connectivity index (χ0) is 16.0. The molecule has 8 heteroatoms. The van der Waals surface area contributed by atoms with Crippen molar-refractivity contribution in [1.29, 1.82) is 0 Å². The Morgan fingerprint density at radius 2 is 2.10 bits per heavy atom. The number of methoxy groups -OCH3 is 1. The average Bonchev–Trinajstić information content (AvgIpc) is 2.38. The first-order valence-electron chi connectivity index (χ1n) is 6.31. The molecule has 0 unspecified atom stereocenters. The number of carbonyl (C=O) groups excluding carboxylic acids is 1. The number of nitrogens with one attached hydrogen (secondary N) is 1. The highest BCUT2D eigenvalue weighted by Gasteiger charge is 2.11. The number of ether oxygens (including phenoxy) is 1. The number of carbonyl (C=O) groups is 1. The van der Waals surface area contributed by atoms with E-state index < -0.39 is 9.84 Å². The van der Waals surface area contributed by atoms with Gasteiger partial charge >= 0.3 is 0 Å². The van der Waals surface area contributed by atoms with Gasteiger partial charge in [0.2, 0.25) is 5.91 Å². The van der Waals surface area contributed by atoms with E-state index in [1.54, 1.807) is 30.1 Å². The van der Waals surface area contributed by atoms with Crippen molar-refractivity contribution in [3.05, 3.63) is 18.2 Å². The monoisotopic (exact) mass is 315 g/mol. The Morgan fingerprint density at radius 1 is 1.43 bits per heavy atom. The minimum absolute atomic E-state index is 0.0153. The van der Waals surface area contributed by atoms with Crippen LogP contribution in [-0.2, 0) is 14.6 Å². The highest BCUT2D eigenvalue weighted by molar-refractivity contribution is 7.90. The number of nitrogens with two attached hydrogens (primary N) is 1. The third kappa shape index (κ3) is 6.46. The van der Waals surface area contributed by atoms with Crippen LogP contribution in [0.5, 0.6) is 5.75 Å². The van der Waals surface area contributed by atoms with Gasteiger partial charge in [0.05, 0.1) is 30.8 Å². The second-order valence-corrected chi connectivity index (χ2v) is 7.13. The fraction of sp³-hybridized carbons (Fsp3) is 0.462. The molecule has 0 aliphatic heterocycles. The van der Waals surface area contributed by atoms with Gasteiger partial charge in [0.15, 0.2) is 0 Å². The Kier molecular flexibility index (Phi) is 5.98. The molecule has 0 aliphatic carbocycles. The van der Waals surface area contributed by atoms with Crippen molar-refractivity contribution in [3.8, 4) is 5.75 Å². The second kappa shape index (κ2) is 7.28. The summed E-state index contributed by atoms with van der Waals surface area (Å²) in [7, 11) is 0.179. The first-order valence-corrected chi connectivity index (χ1v) is 8.37. The molecule has 0 atom stereocenters. The minimum atomic E-state index is -3.04. The number of nitrogens with zero attached hydrogens (tertiary/aromatic N) is 1. The van der Waals surface area contributed by atoms with E-state index in [1.165, 1.54) is 13.4 Å². The predicted octanol–water partition coefficient (Wildman–Crippen LogP) is 0.192. The van der Waals surface area contributed by atoms with Crippen LogP contribution in [0.2, 0.25) is 0 Å². The first kappa shape index (κ1) is 17.3. The van der Waals surface area contributed by atoms with Gasteiger partial charge < -0.3 is 15.8 Å².